The first kappa shape index (κ1) is 15.4. The van der Waals surface area contributed by atoms with E-state index in [1.165, 1.54) is 12.5 Å². The van der Waals surface area contributed by atoms with E-state index in [1.54, 1.807) is 6.07 Å². The Morgan fingerprint density at radius 1 is 1.38 bits per heavy atom. The van der Waals surface area contributed by atoms with Gasteiger partial charge in [-0.05, 0) is 72.6 Å². The van der Waals surface area contributed by atoms with Crippen LogP contribution in [0.15, 0.2) is 16.6 Å². The first-order valence-corrected chi connectivity index (χ1v) is 8.30. The van der Waals surface area contributed by atoms with Gasteiger partial charge in [0.1, 0.15) is 0 Å². The van der Waals surface area contributed by atoms with Crippen LogP contribution in [0.4, 0.5) is 8.78 Å². The molecule has 3 rings (SSSR count). The van der Waals surface area contributed by atoms with Crippen LogP contribution in [0.1, 0.15) is 43.7 Å². The topological polar surface area (TPSA) is 21.3 Å². The molecule has 116 valence electrons. The Bertz CT molecular complexity index is 533. The van der Waals surface area contributed by atoms with Crippen molar-refractivity contribution in [2.75, 3.05) is 13.7 Å². The summed E-state index contributed by atoms with van der Waals surface area (Å²) < 4.78 is 33.3. The smallest absolute Gasteiger partial charge is 0.173 e. The highest BCUT2D eigenvalue weighted by molar-refractivity contribution is 9.10. The lowest BCUT2D eigenvalue weighted by molar-refractivity contribution is -0.147. The normalized spacial score (nSPS) is 25.6. The molecule has 0 amide bonds. The van der Waals surface area contributed by atoms with Crippen molar-refractivity contribution in [3.8, 4) is 0 Å². The second-order valence-electron chi connectivity index (χ2n) is 6.17. The molecule has 2 atom stereocenters. The molecular formula is C16H20BrF2NO. The van der Waals surface area contributed by atoms with Crippen LogP contribution in [0.25, 0.3) is 0 Å². The molecule has 1 aliphatic heterocycles. The van der Waals surface area contributed by atoms with Crippen LogP contribution in [-0.4, -0.2) is 19.3 Å². The summed E-state index contributed by atoms with van der Waals surface area (Å²) in [4.78, 5) is 0. The first-order chi connectivity index (χ1) is 10.1. The first-order valence-electron chi connectivity index (χ1n) is 7.51. The highest BCUT2D eigenvalue weighted by Gasteiger charge is 2.44. The summed E-state index contributed by atoms with van der Waals surface area (Å²) in [7, 11) is 1.88. The molecule has 1 N–H and O–H groups in total. The number of nitrogens with one attached hydrogen (secondary N) is 1. The molecule has 5 heteroatoms. The standard InChI is InChI=1S/C16H20BrF2NO/c1-20-15(11-3-4-12(18)14(19)13(11)17)10-5-8-21-16(9-10)6-2-7-16/h3-4,10,15,20H,2,5-9H2,1H3. The summed E-state index contributed by atoms with van der Waals surface area (Å²) in [6, 6.07) is 2.89. The lowest BCUT2D eigenvalue weighted by Gasteiger charge is -2.49. The Hall–Kier alpha value is -0.520. The van der Waals surface area contributed by atoms with Gasteiger partial charge in [-0.25, -0.2) is 8.78 Å². The van der Waals surface area contributed by atoms with E-state index in [4.69, 9.17) is 4.74 Å². The summed E-state index contributed by atoms with van der Waals surface area (Å²) in [5.74, 6) is -1.24. The van der Waals surface area contributed by atoms with Crippen molar-refractivity contribution in [1.82, 2.24) is 5.32 Å². The Labute approximate surface area is 132 Å². The van der Waals surface area contributed by atoms with Gasteiger partial charge in [-0.15, -0.1) is 0 Å². The highest BCUT2D eigenvalue weighted by Crippen LogP contribution is 2.47. The third-order valence-electron chi connectivity index (χ3n) is 4.98. The minimum Gasteiger partial charge on any atom is -0.375 e. The summed E-state index contributed by atoms with van der Waals surface area (Å²) in [6.07, 6.45) is 5.41. The van der Waals surface area contributed by atoms with Crippen LogP contribution in [0.2, 0.25) is 0 Å². The van der Waals surface area contributed by atoms with Gasteiger partial charge in [0.05, 0.1) is 10.1 Å². The maximum atomic E-state index is 13.8. The number of benzene rings is 1. The maximum absolute atomic E-state index is 13.8. The van der Waals surface area contributed by atoms with Crippen LogP contribution in [-0.2, 0) is 4.74 Å². The molecule has 1 saturated carbocycles. The maximum Gasteiger partial charge on any atom is 0.173 e. The van der Waals surface area contributed by atoms with Gasteiger partial charge < -0.3 is 10.1 Å². The van der Waals surface area contributed by atoms with Crippen molar-refractivity contribution in [1.29, 1.82) is 0 Å². The molecule has 0 radical (unpaired) electrons. The molecule has 1 aromatic carbocycles. The van der Waals surface area contributed by atoms with E-state index in [0.717, 1.165) is 37.9 Å². The summed E-state index contributed by atoms with van der Waals surface area (Å²) in [5.41, 5.74) is 0.834. The van der Waals surface area contributed by atoms with Crippen molar-refractivity contribution in [2.24, 2.45) is 5.92 Å². The molecule has 1 aliphatic carbocycles. The zero-order valence-electron chi connectivity index (χ0n) is 12.1. The van der Waals surface area contributed by atoms with E-state index >= 15 is 0 Å². The Balaban J connectivity index is 1.86. The Morgan fingerprint density at radius 3 is 2.76 bits per heavy atom. The van der Waals surface area contributed by atoms with Crippen molar-refractivity contribution in [2.45, 2.75) is 43.7 Å². The summed E-state index contributed by atoms with van der Waals surface area (Å²) in [5, 5.41) is 3.29. The third-order valence-corrected chi connectivity index (χ3v) is 5.78. The number of ether oxygens (including phenoxy) is 1. The van der Waals surface area contributed by atoms with Crippen molar-refractivity contribution in [3.05, 3.63) is 33.8 Å². The molecule has 1 spiro atoms. The zero-order valence-corrected chi connectivity index (χ0v) is 13.7. The van der Waals surface area contributed by atoms with Gasteiger partial charge in [0.2, 0.25) is 0 Å². The average Bonchev–Trinajstić information content (AvgIpc) is 2.46. The van der Waals surface area contributed by atoms with Gasteiger partial charge in [0, 0.05) is 12.6 Å². The second-order valence-corrected chi connectivity index (χ2v) is 6.96. The van der Waals surface area contributed by atoms with Crippen LogP contribution in [0, 0.1) is 17.6 Å². The quantitative estimate of drug-likeness (QED) is 0.810. The number of hydrogen-bond acceptors (Lipinski definition) is 2. The van der Waals surface area contributed by atoms with Crippen LogP contribution in [0.5, 0.6) is 0 Å². The molecule has 1 heterocycles. The van der Waals surface area contributed by atoms with Gasteiger partial charge >= 0.3 is 0 Å². The second kappa shape index (κ2) is 5.94. The Kier molecular flexibility index (Phi) is 4.35. The predicted molar refractivity (Wildman–Crippen MR) is 81.1 cm³/mol. The molecule has 1 aromatic rings. The minimum absolute atomic E-state index is 0.0100. The average molecular weight is 360 g/mol. The lowest BCUT2D eigenvalue weighted by Crippen LogP contribution is -2.47. The molecule has 2 fully saturated rings. The van der Waals surface area contributed by atoms with E-state index in [-0.39, 0.29) is 16.1 Å². The number of halogens is 3. The molecule has 0 aromatic heterocycles. The highest BCUT2D eigenvalue weighted by atomic mass is 79.9. The van der Waals surface area contributed by atoms with Gasteiger partial charge in [-0.3, -0.25) is 0 Å². The van der Waals surface area contributed by atoms with E-state index in [2.05, 4.69) is 21.2 Å². The molecule has 2 aliphatic rings. The molecule has 1 saturated heterocycles. The summed E-state index contributed by atoms with van der Waals surface area (Å²) >= 11 is 3.21. The molecule has 0 bridgehead atoms. The molecule has 21 heavy (non-hydrogen) atoms. The lowest BCUT2D eigenvalue weighted by atomic mass is 9.69. The van der Waals surface area contributed by atoms with Gasteiger partial charge in [0.15, 0.2) is 11.6 Å². The van der Waals surface area contributed by atoms with E-state index in [1.807, 2.05) is 7.05 Å². The molecular weight excluding hydrogens is 340 g/mol. The zero-order chi connectivity index (χ0) is 15.0. The van der Waals surface area contributed by atoms with Crippen LogP contribution < -0.4 is 5.32 Å². The number of rotatable bonds is 3. The fourth-order valence-electron chi connectivity index (χ4n) is 3.70. The van der Waals surface area contributed by atoms with E-state index in [9.17, 15) is 8.78 Å². The fraction of sp³-hybridized carbons (Fsp3) is 0.625. The van der Waals surface area contributed by atoms with Crippen LogP contribution >= 0.6 is 15.9 Å². The SMILES string of the molecule is CNC(c1ccc(F)c(F)c1Br)C1CCOC2(CCC2)C1. The van der Waals surface area contributed by atoms with Crippen molar-refractivity contribution >= 4 is 15.9 Å². The summed E-state index contributed by atoms with van der Waals surface area (Å²) in [6.45, 7) is 0.754. The molecule has 2 nitrogen and oxygen atoms in total. The van der Waals surface area contributed by atoms with Crippen molar-refractivity contribution < 1.29 is 13.5 Å². The van der Waals surface area contributed by atoms with E-state index in [0.29, 0.717) is 5.92 Å². The fourth-order valence-corrected chi connectivity index (χ4v) is 4.26. The van der Waals surface area contributed by atoms with E-state index < -0.39 is 11.6 Å². The largest absolute Gasteiger partial charge is 0.375 e. The Morgan fingerprint density at radius 2 is 2.14 bits per heavy atom. The third kappa shape index (κ3) is 2.76. The van der Waals surface area contributed by atoms with Gasteiger partial charge in [-0.2, -0.15) is 0 Å². The van der Waals surface area contributed by atoms with Crippen LogP contribution in [0.3, 0.4) is 0 Å². The number of hydrogen-bond donors (Lipinski definition) is 1. The minimum atomic E-state index is -0.817. The predicted octanol–water partition coefficient (Wildman–Crippen LogP) is 4.34. The van der Waals surface area contributed by atoms with Crippen molar-refractivity contribution in [3.63, 3.8) is 0 Å². The molecule has 2 unspecified atom stereocenters. The monoisotopic (exact) mass is 359 g/mol. The van der Waals surface area contributed by atoms with Gasteiger partial charge in [0.25, 0.3) is 0 Å². The van der Waals surface area contributed by atoms with Gasteiger partial charge in [-0.1, -0.05) is 6.07 Å².